The Bertz CT molecular complexity index is 1050. The number of likely N-dealkylation sites (tertiary alicyclic amines) is 1. The van der Waals surface area contributed by atoms with Gasteiger partial charge in [-0.15, -0.1) is 0 Å². The van der Waals surface area contributed by atoms with Gasteiger partial charge in [0.2, 0.25) is 0 Å². The van der Waals surface area contributed by atoms with Crippen LogP contribution in [0, 0.1) is 12.8 Å². The van der Waals surface area contributed by atoms with Crippen LogP contribution in [-0.2, 0) is 9.59 Å². The zero-order chi connectivity index (χ0) is 21.4. The average Bonchev–Trinajstić information content (AvgIpc) is 3.00. The lowest BCUT2D eigenvalue weighted by Crippen LogP contribution is -2.39. The number of carbonyl (C=O) groups excluding carboxylic acids is 2. The first-order valence-corrected chi connectivity index (χ1v) is 10.6. The molecule has 2 amide bonds. The van der Waals surface area contributed by atoms with Gasteiger partial charge in [-0.05, 0) is 49.4 Å². The van der Waals surface area contributed by atoms with Gasteiger partial charge in [0.1, 0.15) is 11.4 Å². The number of anilines is 1. The number of benzene rings is 2. The Balaban J connectivity index is 1.87. The average molecular weight is 425 g/mol. The number of methoxy groups -OCH3 is 1. The predicted octanol–water partition coefficient (Wildman–Crippen LogP) is 4.67. The fourth-order valence-corrected chi connectivity index (χ4v) is 4.43. The van der Waals surface area contributed by atoms with Crippen molar-refractivity contribution in [2.24, 2.45) is 5.92 Å². The van der Waals surface area contributed by atoms with E-state index in [0.717, 1.165) is 31.5 Å². The highest BCUT2D eigenvalue weighted by molar-refractivity contribution is 6.46. The number of ether oxygens (including phenoxy) is 1. The van der Waals surface area contributed by atoms with Gasteiger partial charge in [0.25, 0.3) is 11.8 Å². The predicted molar refractivity (Wildman–Crippen MR) is 119 cm³/mol. The summed E-state index contributed by atoms with van der Waals surface area (Å²) in [5.41, 5.74) is 2.85. The number of hydrogen-bond donors (Lipinski definition) is 0. The second kappa shape index (κ2) is 8.15. The number of amides is 2. The summed E-state index contributed by atoms with van der Waals surface area (Å²) in [5.74, 6) is 0.364. The molecule has 0 N–H and O–H groups in total. The van der Waals surface area contributed by atoms with Gasteiger partial charge in [-0.1, -0.05) is 42.8 Å². The summed E-state index contributed by atoms with van der Waals surface area (Å²) >= 11 is 6.30. The maximum Gasteiger partial charge on any atom is 0.282 e. The van der Waals surface area contributed by atoms with Crippen molar-refractivity contribution in [1.29, 1.82) is 0 Å². The van der Waals surface area contributed by atoms with Gasteiger partial charge in [-0.25, -0.2) is 4.90 Å². The molecule has 0 saturated carbocycles. The Morgan fingerprint density at radius 3 is 2.57 bits per heavy atom. The molecule has 5 nitrogen and oxygen atoms in total. The molecule has 6 heteroatoms. The van der Waals surface area contributed by atoms with E-state index in [-0.39, 0.29) is 11.8 Å². The molecule has 2 aliphatic rings. The molecule has 1 fully saturated rings. The summed E-state index contributed by atoms with van der Waals surface area (Å²) < 4.78 is 5.52. The standard InChI is InChI=1S/C24H25ClN2O3/c1-15-7-6-12-26(14-15)22-21(18-8-4-5-9-20(18)30-3)23(28)27(24(22)29)17-11-10-16(2)19(25)13-17/h4-5,8-11,13,15H,6-7,12,14H2,1-3H3. The molecule has 2 heterocycles. The van der Waals surface area contributed by atoms with Crippen LogP contribution in [-0.4, -0.2) is 36.9 Å². The molecular weight excluding hydrogens is 400 g/mol. The van der Waals surface area contributed by atoms with Crippen LogP contribution in [0.15, 0.2) is 48.2 Å². The molecule has 1 atom stereocenters. The van der Waals surface area contributed by atoms with Crippen LogP contribution < -0.4 is 9.64 Å². The van der Waals surface area contributed by atoms with Crippen molar-refractivity contribution in [2.45, 2.75) is 26.7 Å². The van der Waals surface area contributed by atoms with Crippen LogP contribution in [0.25, 0.3) is 5.57 Å². The van der Waals surface area contributed by atoms with Gasteiger partial charge < -0.3 is 9.64 Å². The molecule has 1 saturated heterocycles. The molecule has 0 aromatic heterocycles. The van der Waals surface area contributed by atoms with Gasteiger partial charge in [0, 0.05) is 23.7 Å². The fourth-order valence-electron chi connectivity index (χ4n) is 4.25. The molecule has 2 aromatic rings. The number of para-hydroxylation sites is 1. The molecule has 2 aliphatic heterocycles. The van der Waals surface area contributed by atoms with E-state index >= 15 is 0 Å². The molecule has 1 unspecified atom stereocenters. The molecule has 30 heavy (non-hydrogen) atoms. The topological polar surface area (TPSA) is 49.9 Å². The third-order valence-corrected chi connectivity index (χ3v) is 6.23. The summed E-state index contributed by atoms with van der Waals surface area (Å²) in [6.07, 6.45) is 2.11. The van der Waals surface area contributed by atoms with Crippen LogP contribution in [0.2, 0.25) is 5.02 Å². The lowest BCUT2D eigenvalue weighted by molar-refractivity contribution is -0.120. The molecule has 0 bridgehead atoms. The maximum atomic E-state index is 13.6. The van der Waals surface area contributed by atoms with Crippen molar-refractivity contribution >= 4 is 34.7 Å². The highest BCUT2D eigenvalue weighted by Crippen LogP contribution is 2.40. The van der Waals surface area contributed by atoms with Gasteiger partial charge in [0.15, 0.2) is 0 Å². The number of aryl methyl sites for hydroxylation is 1. The Morgan fingerprint density at radius 2 is 1.87 bits per heavy atom. The van der Waals surface area contributed by atoms with Crippen molar-refractivity contribution in [3.63, 3.8) is 0 Å². The third kappa shape index (κ3) is 3.47. The summed E-state index contributed by atoms with van der Waals surface area (Å²) in [4.78, 5) is 30.6. The molecule has 156 valence electrons. The number of hydrogen-bond acceptors (Lipinski definition) is 4. The molecule has 0 spiro atoms. The third-order valence-electron chi connectivity index (χ3n) is 5.82. The lowest BCUT2D eigenvalue weighted by atomic mass is 9.97. The van der Waals surface area contributed by atoms with Crippen LogP contribution in [0.4, 0.5) is 5.69 Å². The Labute approximate surface area is 181 Å². The smallest absolute Gasteiger partial charge is 0.282 e. The normalized spacial score (nSPS) is 19.7. The zero-order valence-electron chi connectivity index (χ0n) is 17.4. The van der Waals surface area contributed by atoms with Crippen molar-refractivity contribution in [1.82, 2.24) is 4.90 Å². The first-order chi connectivity index (χ1) is 14.4. The second-order valence-corrected chi connectivity index (χ2v) is 8.40. The van der Waals surface area contributed by atoms with E-state index in [0.29, 0.717) is 39.2 Å². The Kier molecular flexibility index (Phi) is 5.56. The molecular formula is C24H25ClN2O3. The highest BCUT2D eigenvalue weighted by atomic mass is 35.5. The number of piperidine rings is 1. The summed E-state index contributed by atoms with van der Waals surface area (Å²) in [6, 6.07) is 12.6. The molecule has 0 aliphatic carbocycles. The van der Waals surface area contributed by atoms with E-state index in [1.807, 2.05) is 37.3 Å². The van der Waals surface area contributed by atoms with Crippen molar-refractivity contribution < 1.29 is 14.3 Å². The quantitative estimate of drug-likeness (QED) is 0.669. The van der Waals surface area contributed by atoms with Crippen LogP contribution >= 0.6 is 11.6 Å². The molecule has 4 rings (SSSR count). The number of halogens is 1. The maximum absolute atomic E-state index is 13.6. The first kappa shape index (κ1) is 20.5. The van der Waals surface area contributed by atoms with E-state index < -0.39 is 0 Å². The lowest BCUT2D eigenvalue weighted by Gasteiger charge is -2.33. The minimum atomic E-state index is -0.349. The number of rotatable bonds is 4. The van der Waals surface area contributed by atoms with Crippen LogP contribution in [0.3, 0.4) is 0 Å². The van der Waals surface area contributed by atoms with Crippen molar-refractivity contribution in [2.75, 3.05) is 25.1 Å². The first-order valence-electron chi connectivity index (χ1n) is 10.2. The Morgan fingerprint density at radius 1 is 1.10 bits per heavy atom. The van der Waals surface area contributed by atoms with Gasteiger partial charge in [-0.2, -0.15) is 0 Å². The van der Waals surface area contributed by atoms with Gasteiger partial charge >= 0.3 is 0 Å². The fraction of sp³-hybridized carbons (Fsp3) is 0.333. The molecule has 2 aromatic carbocycles. The largest absolute Gasteiger partial charge is 0.496 e. The van der Waals surface area contributed by atoms with E-state index in [1.165, 1.54) is 4.90 Å². The SMILES string of the molecule is COc1ccccc1C1=C(N2CCCC(C)C2)C(=O)N(c2ccc(C)c(Cl)c2)C1=O. The van der Waals surface area contributed by atoms with E-state index in [2.05, 4.69) is 11.8 Å². The minimum absolute atomic E-state index is 0.310. The van der Waals surface area contributed by atoms with Crippen molar-refractivity contribution in [3.05, 3.63) is 64.3 Å². The monoisotopic (exact) mass is 424 g/mol. The Hall–Kier alpha value is -2.79. The van der Waals surface area contributed by atoms with Crippen molar-refractivity contribution in [3.8, 4) is 5.75 Å². The summed E-state index contributed by atoms with van der Waals surface area (Å²) in [5, 5.41) is 0.520. The summed E-state index contributed by atoms with van der Waals surface area (Å²) in [7, 11) is 1.57. The van der Waals surface area contributed by atoms with Crippen LogP contribution in [0.5, 0.6) is 5.75 Å². The van der Waals surface area contributed by atoms with E-state index in [9.17, 15) is 9.59 Å². The highest BCUT2D eigenvalue weighted by Gasteiger charge is 2.44. The number of imide groups is 1. The van der Waals surface area contributed by atoms with Gasteiger partial charge in [0.05, 0.1) is 18.4 Å². The number of carbonyl (C=O) groups is 2. The van der Waals surface area contributed by atoms with E-state index in [4.69, 9.17) is 16.3 Å². The zero-order valence-corrected chi connectivity index (χ0v) is 18.2. The summed E-state index contributed by atoms with van der Waals surface area (Å²) in [6.45, 7) is 5.56. The van der Waals surface area contributed by atoms with E-state index in [1.54, 1.807) is 19.2 Å². The van der Waals surface area contributed by atoms with Gasteiger partial charge in [-0.3, -0.25) is 9.59 Å². The number of nitrogens with zero attached hydrogens (tertiary/aromatic N) is 2. The van der Waals surface area contributed by atoms with Crippen LogP contribution in [0.1, 0.15) is 30.9 Å². The minimum Gasteiger partial charge on any atom is -0.496 e. The second-order valence-electron chi connectivity index (χ2n) is 8.00. The molecule has 0 radical (unpaired) electrons.